The van der Waals surface area contributed by atoms with Gasteiger partial charge in [-0.05, 0) is 43.5 Å². The van der Waals surface area contributed by atoms with Gasteiger partial charge in [-0.25, -0.2) is 9.07 Å². The van der Waals surface area contributed by atoms with Gasteiger partial charge in [0.15, 0.2) is 5.69 Å². The van der Waals surface area contributed by atoms with Gasteiger partial charge in [-0.3, -0.25) is 9.59 Å². The minimum Gasteiger partial charge on any atom is -0.368 e. The molecule has 2 aromatic carbocycles. The van der Waals surface area contributed by atoms with Crippen LogP contribution in [0.1, 0.15) is 28.2 Å². The normalized spacial score (nSPS) is 15.4. The van der Waals surface area contributed by atoms with Gasteiger partial charge in [-0.2, -0.15) is 5.10 Å². The molecule has 0 unspecified atom stereocenters. The summed E-state index contributed by atoms with van der Waals surface area (Å²) in [6.45, 7) is 2.65. The van der Waals surface area contributed by atoms with Crippen LogP contribution in [0.2, 0.25) is 0 Å². The topological polar surface area (TPSA) is 70.5 Å². The second kappa shape index (κ2) is 9.05. The van der Waals surface area contributed by atoms with Crippen molar-refractivity contribution in [1.29, 1.82) is 0 Å². The highest BCUT2D eigenvalue weighted by Crippen LogP contribution is 2.28. The summed E-state index contributed by atoms with van der Waals surface area (Å²) < 4.78 is 15.9. The summed E-state index contributed by atoms with van der Waals surface area (Å²) in [6, 6.07) is 16.5. The largest absolute Gasteiger partial charge is 0.368 e. The van der Waals surface area contributed by atoms with Crippen LogP contribution in [0.25, 0.3) is 5.69 Å². The van der Waals surface area contributed by atoms with E-state index in [0.717, 1.165) is 49.3 Å². The van der Waals surface area contributed by atoms with Crippen molar-refractivity contribution >= 4 is 17.5 Å². The zero-order chi connectivity index (χ0) is 22.8. The van der Waals surface area contributed by atoms with Gasteiger partial charge < -0.3 is 15.1 Å². The minimum absolute atomic E-state index is 0.0779. The first kappa shape index (κ1) is 21.2. The van der Waals surface area contributed by atoms with E-state index < -0.39 is 0 Å². The van der Waals surface area contributed by atoms with E-state index in [4.69, 9.17) is 0 Å². The maximum atomic E-state index is 14.3. The molecule has 5 rings (SSSR count). The molecule has 0 atom stereocenters. The van der Waals surface area contributed by atoms with Crippen LogP contribution in [0.4, 0.5) is 10.1 Å². The number of carbonyl (C=O) groups is 2. The molecule has 2 aliphatic rings. The molecule has 8 heteroatoms. The predicted octanol–water partition coefficient (Wildman–Crippen LogP) is 2.58. The van der Waals surface area contributed by atoms with Gasteiger partial charge in [0.05, 0.1) is 6.54 Å². The number of halogens is 1. The lowest BCUT2D eigenvalue weighted by Gasteiger charge is -2.36. The summed E-state index contributed by atoms with van der Waals surface area (Å²) in [5.41, 5.74) is 3.49. The Morgan fingerprint density at radius 3 is 2.42 bits per heavy atom. The Kier molecular flexibility index (Phi) is 5.81. The molecule has 33 heavy (non-hydrogen) atoms. The van der Waals surface area contributed by atoms with E-state index in [1.807, 2.05) is 18.2 Å². The fourth-order valence-electron chi connectivity index (χ4n) is 4.65. The van der Waals surface area contributed by atoms with Gasteiger partial charge in [0, 0.05) is 43.1 Å². The number of fused-ring (bicyclic) bond motifs is 1. The molecule has 1 fully saturated rings. The molecule has 0 radical (unpaired) electrons. The van der Waals surface area contributed by atoms with Gasteiger partial charge in [-0.15, -0.1) is 0 Å². The molecular weight excluding hydrogens is 421 g/mol. The van der Waals surface area contributed by atoms with Crippen LogP contribution >= 0.6 is 0 Å². The number of hydrogen-bond donors (Lipinski definition) is 1. The molecule has 170 valence electrons. The molecule has 1 aliphatic heterocycles. The summed E-state index contributed by atoms with van der Waals surface area (Å²) in [5.74, 6) is -0.882. The number of piperazine rings is 1. The van der Waals surface area contributed by atoms with E-state index in [2.05, 4.69) is 27.4 Å². The zero-order valence-corrected chi connectivity index (χ0v) is 18.3. The smallest absolute Gasteiger partial charge is 0.272 e. The Bertz CT molecular complexity index is 1170. The van der Waals surface area contributed by atoms with Gasteiger partial charge >= 0.3 is 0 Å². The van der Waals surface area contributed by atoms with Crippen LogP contribution < -0.4 is 10.2 Å². The van der Waals surface area contributed by atoms with Crippen molar-refractivity contribution in [2.45, 2.75) is 19.3 Å². The third-order valence-electron chi connectivity index (χ3n) is 6.38. The van der Waals surface area contributed by atoms with E-state index in [1.54, 1.807) is 23.1 Å². The number of para-hydroxylation sites is 2. The number of benzene rings is 2. The Morgan fingerprint density at radius 1 is 0.939 bits per heavy atom. The third-order valence-corrected chi connectivity index (χ3v) is 6.38. The van der Waals surface area contributed by atoms with Crippen LogP contribution in [0, 0.1) is 5.82 Å². The van der Waals surface area contributed by atoms with Crippen molar-refractivity contribution in [3.63, 3.8) is 0 Å². The summed E-state index contributed by atoms with van der Waals surface area (Å²) >= 11 is 0. The maximum absolute atomic E-state index is 14.3. The van der Waals surface area contributed by atoms with E-state index in [-0.39, 0.29) is 29.9 Å². The van der Waals surface area contributed by atoms with Crippen molar-refractivity contribution in [1.82, 2.24) is 20.0 Å². The van der Waals surface area contributed by atoms with E-state index in [9.17, 15) is 14.0 Å². The van der Waals surface area contributed by atoms with Crippen molar-refractivity contribution < 1.29 is 14.0 Å². The van der Waals surface area contributed by atoms with Gasteiger partial charge in [0.25, 0.3) is 5.91 Å². The molecule has 1 aliphatic carbocycles. The molecule has 0 bridgehead atoms. The first-order valence-corrected chi connectivity index (χ1v) is 11.3. The molecule has 2 amide bonds. The molecule has 1 saturated heterocycles. The van der Waals surface area contributed by atoms with Crippen LogP contribution in [0.5, 0.6) is 0 Å². The number of hydrogen-bond acceptors (Lipinski definition) is 4. The first-order valence-electron chi connectivity index (χ1n) is 11.3. The minimum atomic E-state index is -0.389. The van der Waals surface area contributed by atoms with Gasteiger partial charge in [0.1, 0.15) is 11.5 Å². The van der Waals surface area contributed by atoms with Crippen molar-refractivity contribution in [3.05, 3.63) is 77.4 Å². The highest BCUT2D eigenvalue weighted by molar-refractivity contribution is 5.96. The molecular formula is C25H26FN5O2. The van der Waals surface area contributed by atoms with Gasteiger partial charge in [0.2, 0.25) is 5.91 Å². The Labute approximate surface area is 191 Å². The third kappa shape index (κ3) is 4.20. The van der Waals surface area contributed by atoms with Gasteiger partial charge in [-0.1, -0.05) is 30.3 Å². The van der Waals surface area contributed by atoms with Crippen LogP contribution in [-0.4, -0.2) is 59.2 Å². The molecule has 3 aromatic rings. The van der Waals surface area contributed by atoms with Crippen molar-refractivity contribution in [3.8, 4) is 5.69 Å². The van der Waals surface area contributed by atoms with E-state index in [0.29, 0.717) is 18.8 Å². The highest BCUT2D eigenvalue weighted by atomic mass is 19.1. The summed E-state index contributed by atoms with van der Waals surface area (Å²) in [4.78, 5) is 29.6. The average Bonchev–Trinajstić information content (AvgIpc) is 3.47. The lowest BCUT2D eigenvalue weighted by atomic mass is 10.2. The van der Waals surface area contributed by atoms with E-state index >= 15 is 0 Å². The quantitative estimate of drug-likeness (QED) is 0.653. The number of carbonyl (C=O) groups excluding carboxylic acids is 2. The van der Waals surface area contributed by atoms with Crippen LogP contribution in [0.3, 0.4) is 0 Å². The predicted molar refractivity (Wildman–Crippen MR) is 123 cm³/mol. The lowest BCUT2D eigenvalue weighted by Crippen LogP contribution is -2.51. The molecule has 0 spiro atoms. The molecule has 1 aromatic heterocycles. The highest BCUT2D eigenvalue weighted by Gasteiger charge is 2.28. The summed E-state index contributed by atoms with van der Waals surface area (Å²) in [6.07, 6.45) is 2.36. The molecule has 2 heterocycles. The SMILES string of the molecule is O=C(NCC(=O)N1CCN(c2ccccc2)CC1)c1nn(-c2ccccc2F)c2c1CCC2. The fraction of sp³-hybridized carbons (Fsp3) is 0.320. The van der Waals surface area contributed by atoms with Crippen molar-refractivity contribution in [2.75, 3.05) is 37.6 Å². The second-order valence-electron chi connectivity index (χ2n) is 8.38. The number of nitrogens with zero attached hydrogens (tertiary/aromatic N) is 4. The number of aromatic nitrogens is 2. The summed E-state index contributed by atoms with van der Waals surface area (Å²) in [5, 5.41) is 7.16. The van der Waals surface area contributed by atoms with Crippen LogP contribution in [-0.2, 0) is 17.6 Å². The summed E-state index contributed by atoms with van der Waals surface area (Å²) in [7, 11) is 0. The standard InChI is InChI=1S/C25H26FN5O2/c26-20-10-4-5-11-22(20)31-21-12-6-9-19(21)24(28-31)25(33)27-17-23(32)30-15-13-29(14-16-30)18-7-2-1-3-8-18/h1-5,7-8,10-11H,6,9,12-17H2,(H,27,33). The molecule has 7 nitrogen and oxygen atoms in total. The number of anilines is 1. The average molecular weight is 448 g/mol. The fourth-order valence-corrected chi connectivity index (χ4v) is 4.65. The maximum Gasteiger partial charge on any atom is 0.272 e. The number of amides is 2. The Morgan fingerprint density at radius 2 is 1.67 bits per heavy atom. The van der Waals surface area contributed by atoms with Crippen molar-refractivity contribution in [2.24, 2.45) is 0 Å². The van der Waals surface area contributed by atoms with Crippen LogP contribution in [0.15, 0.2) is 54.6 Å². The molecule has 0 saturated carbocycles. The zero-order valence-electron chi connectivity index (χ0n) is 18.3. The Balaban J connectivity index is 1.22. The number of rotatable bonds is 5. The molecule has 1 N–H and O–H groups in total. The second-order valence-corrected chi connectivity index (χ2v) is 8.38. The van der Waals surface area contributed by atoms with E-state index in [1.165, 1.54) is 10.7 Å². The Hall–Kier alpha value is -3.68. The lowest BCUT2D eigenvalue weighted by molar-refractivity contribution is -0.130. The number of nitrogens with one attached hydrogen (secondary N) is 1. The monoisotopic (exact) mass is 447 g/mol. The first-order chi connectivity index (χ1) is 16.1.